The minimum Gasteiger partial charge on any atom is -0.401 e. The lowest BCUT2D eigenvalue weighted by atomic mass is 10.0. The van der Waals surface area contributed by atoms with Gasteiger partial charge in [0, 0.05) is 42.5 Å². The summed E-state index contributed by atoms with van der Waals surface area (Å²) in [4.78, 5) is 14.3. The van der Waals surface area contributed by atoms with Crippen molar-refractivity contribution in [2.75, 3.05) is 18.5 Å². The van der Waals surface area contributed by atoms with E-state index >= 15 is 4.39 Å². The number of anilines is 1. The van der Waals surface area contributed by atoms with Gasteiger partial charge < -0.3 is 20.6 Å². The van der Waals surface area contributed by atoms with Gasteiger partial charge in [-0.2, -0.15) is 4.39 Å². The van der Waals surface area contributed by atoms with E-state index in [1.54, 1.807) is 20.2 Å². The smallest absolute Gasteiger partial charge is 0.223 e. The van der Waals surface area contributed by atoms with Gasteiger partial charge in [0.05, 0.1) is 28.7 Å². The number of halogens is 1. The van der Waals surface area contributed by atoms with E-state index in [0.29, 0.717) is 22.7 Å². The first kappa shape index (κ1) is 24.5. The number of aromatic amines is 1. The van der Waals surface area contributed by atoms with Crippen molar-refractivity contribution in [3.05, 3.63) is 47.8 Å². The van der Waals surface area contributed by atoms with Gasteiger partial charge in [-0.3, -0.25) is 0 Å². The van der Waals surface area contributed by atoms with Gasteiger partial charge in [0.15, 0.2) is 0 Å². The lowest BCUT2D eigenvalue weighted by Gasteiger charge is -2.31. The predicted molar refractivity (Wildman–Crippen MR) is 135 cm³/mol. The molecule has 0 radical (unpaired) electrons. The molecule has 0 aliphatic carbocycles. The third kappa shape index (κ3) is 5.27. The monoisotopic (exact) mass is 453 g/mol. The van der Waals surface area contributed by atoms with E-state index in [1.165, 1.54) is 11.2 Å². The molecule has 33 heavy (non-hydrogen) atoms. The lowest BCUT2D eigenvalue weighted by Crippen LogP contribution is -2.34. The van der Waals surface area contributed by atoms with Gasteiger partial charge >= 0.3 is 0 Å². The Morgan fingerprint density at radius 1 is 1.24 bits per heavy atom. The number of nitrogens with one attached hydrogen (secondary N) is 1. The van der Waals surface area contributed by atoms with Crippen LogP contribution in [0.5, 0.6) is 0 Å². The van der Waals surface area contributed by atoms with Crippen LogP contribution >= 0.6 is 0 Å². The van der Waals surface area contributed by atoms with Crippen LogP contribution in [0, 0.1) is 5.95 Å². The van der Waals surface area contributed by atoms with Crippen LogP contribution < -0.4 is 16.5 Å². The van der Waals surface area contributed by atoms with E-state index in [0.717, 1.165) is 54.5 Å². The highest BCUT2D eigenvalue weighted by Crippen LogP contribution is 2.34. The Labute approximate surface area is 195 Å². The second kappa shape index (κ2) is 10.7. The molecule has 178 valence electrons. The van der Waals surface area contributed by atoms with Crippen LogP contribution in [0.2, 0.25) is 0 Å². The minimum atomic E-state index is -0.560. The Bertz CT molecular complexity index is 1120. The fourth-order valence-electron chi connectivity index (χ4n) is 4.20. The Morgan fingerprint density at radius 2 is 2.00 bits per heavy atom. The zero-order valence-corrected chi connectivity index (χ0v) is 20.3. The quantitative estimate of drug-likeness (QED) is 0.173. The van der Waals surface area contributed by atoms with Crippen LogP contribution in [0.1, 0.15) is 58.9 Å². The van der Waals surface area contributed by atoms with Crippen molar-refractivity contribution >= 4 is 22.4 Å². The second-order valence-electron chi connectivity index (χ2n) is 8.63. The number of hydrogen-bond donors (Lipinski definition) is 3. The summed E-state index contributed by atoms with van der Waals surface area (Å²) in [5.41, 5.74) is 9.86. The minimum absolute atomic E-state index is 0.269. The number of nitrogens with two attached hydrogens (primary N) is 2. The second-order valence-corrected chi connectivity index (χ2v) is 8.63. The summed E-state index contributed by atoms with van der Waals surface area (Å²) in [5.74, 6) is 6.36. The Balaban J connectivity index is 2.27. The Kier molecular flexibility index (Phi) is 7.92. The average molecular weight is 454 g/mol. The molecule has 3 heterocycles. The zero-order chi connectivity index (χ0) is 24.1. The third-order valence-electron chi connectivity index (χ3n) is 6.05. The van der Waals surface area contributed by atoms with E-state index in [-0.39, 0.29) is 6.04 Å². The summed E-state index contributed by atoms with van der Waals surface area (Å²) in [6, 6.07) is 5.95. The summed E-state index contributed by atoms with van der Waals surface area (Å²) in [6.07, 6.45) is 7.57. The maximum absolute atomic E-state index is 15.1. The van der Waals surface area contributed by atoms with Gasteiger partial charge in [-0.25, -0.2) is 15.8 Å². The van der Waals surface area contributed by atoms with Gasteiger partial charge in [-0.15, -0.1) is 0 Å². The molecule has 0 bridgehead atoms. The van der Waals surface area contributed by atoms with E-state index < -0.39 is 5.95 Å². The van der Waals surface area contributed by atoms with Crippen molar-refractivity contribution in [1.29, 1.82) is 0 Å². The lowest BCUT2D eigenvalue weighted by molar-refractivity contribution is 0.506. The topological polar surface area (TPSA) is 100 Å². The van der Waals surface area contributed by atoms with Crippen LogP contribution in [-0.2, 0) is 0 Å². The first-order valence-corrected chi connectivity index (χ1v) is 11.6. The van der Waals surface area contributed by atoms with E-state index in [2.05, 4.69) is 35.6 Å². The van der Waals surface area contributed by atoms with Crippen molar-refractivity contribution in [3.8, 4) is 11.3 Å². The molecule has 1 atom stereocenters. The van der Waals surface area contributed by atoms with E-state index in [4.69, 9.17) is 16.6 Å². The van der Waals surface area contributed by atoms with Crippen LogP contribution in [0.25, 0.3) is 27.9 Å². The largest absolute Gasteiger partial charge is 0.401 e. The predicted octanol–water partition coefficient (Wildman–Crippen LogP) is 5.01. The van der Waals surface area contributed by atoms with Crippen LogP contribution in [0.4, 0.5) is 10.2 Å². The molecule has 8 heteroatoms. The Morgan fingerprint density at radius 3 is 2.64 bits per heavy atom. The number of hydrogen-bond acceptors (Lipinski definition) is 6. The molecule has 3 rings (SSSR count). The number of unbranched alkanes of at least 4 members (excludes halogenated alkanes) is 2. The number of nitrogens with zero attached hydrogens (tertiary/aromatic N) is 4. The highest BCUT2D eigenvalue weighted by Gasteiger charge is 2.21. The molecule has 0 fully saturated rings. The number of hydrazine groups is 1. The summed E-state index contributed by atoms with van der Waals surface area (Å²) in [6.45, 7) is 9.22. The SMILES string of the molecule is CCCCCN(c1cc(/C(=C(\C)N)N(C)N)cc(-c2c(F)ncc3[nH]ccc23)n1)C(C)CC. The summed E-state index contributed by atoms with van der Waals surface area (Å²) in [7, 11) is 1.74. The number of allylic oxidation sites excluding steroid dienone is 1. The molecule has 5 N–H and O–H groups in total. The number of rotatable bonds is 10. The van der Waals surface area contributed by atoms with Crippen LogP contribution in [0.3, 0.4) is 0 Å². The summed E-state index contributed by atoms with van der Waals surface area (Å²) < 4.78 is 15.1. The number of aromatic nitrogens is 3. The fourth-order valence-corrected chi connectivity index (χ4v) is 4.20. The van der Waals surface area contributed by atoms with Crippen molar-refractivity contribution < 1.29 is 4.39 Å². The molecule has 0 aliphatic rings. The van der Waals surface area contributed by atoms with Gasteiger partial charge in [0.25, 0.3) is 0 Å². The first-order chi connectivity index (χ1) is 15.8. The molecule has 0 spiro atoms. The standard InChI is InChI=1S/C25H36FN7/c1-6-8-9-12-33(16(3)7-2)22-14-18(24(17(4)27)32(5)28)13-20(31-22)23-19-10-11-29-21(19)15-30-25(23)26/h10-11,13-16,29H,6-9,12,27-28H2,1-5H3/b24-17-. The van der Waals surface area contributed by atoms with Crippen LogP contribution in [-0.4, -0.2) is 39.6 Å². The zero-order valence-electron chi connectivity index (χ0n) is 20.3. The van der Waals surface area contributed by atoms with Crippen LogP contribution in [0.15, 0.2) is 36.3 Å². The molecular formula is C25H36FN7. The normalized spacial score (nSPS) is 13.2. The van der Waals surface area contributed by atoms with E-state index in [1.807, 2.05) is 18.2 Å². The van der Waals surface area contributed by atoms with Gasteiger partial charge in [-0.05, 0) is 44.9 Å². The molecule has 0 saturated carbocycles. The average Bonchev–Trinajstić information content (AvgIpc) is 3.24. The molecule has 0 saturated heterocycles. The number of fused-ring (bicyclic) bond motifs is 1. The summed E-state index contributed by atoms with van der Waals surface area (Å²) >= 11 is 0. The van der Waals surface area contributed by atoms with Gasteiger partial charge in [-0.1, -0.05) is 26.7 Å². The number of H-pyrrole nitrogens is 1. The fraction of sp³-hybridized carbons (Fsp3) is 0.440. The van der Waals surface area contributed by atoms with Crippen molar-refractivity contribution in [2.24, 2.45) is 11.6 Å². The molecule has 0 aliphatic heterocycles. The van der Waals surface area contributed by atoms with Crippen molar-refractivity contribution in [1.82, 2.24) is 20.0 Å². The summed E-state index contributed by atoms with van der Waals surface area (Å²) in [5, 5.41) is 2.23. The molecule has 3 aromatic rings. The third-order valence-corrected chi connectivity index (χ3v) is 6.05. The van der Waals surface area contributed by atoms with E-state index in [9.17, 15) is 0 Å². The van der Waals surface area contributed by atoms with Gasteiger partial charge in [0.1, 0.15) is 5.82 Å². The molecule has 0 aromatic carbocycles. The highest BCUT2D eigenvalue weighted by atomic mass is 19.1. The number of pyridine rings is 2. The van der Waals surface area contributed by atoms with Crippen molar-refractivity contribution in [3.63, 3.8) is 0 Å². The molecule has 7 nitrogen and oxygen atoms in total. The maximum atomic E-state index is 15.1. The Hall–Kier alpha value is -3.13. The first-order valence-electron chi connectivity index (χ1n) is 11.6. The molecule has 1 unspecified atom stereocenters. The maximum Gasteiger partial charge on any atom is 0.223 e. The highest BCUT2D eigenvalue weighted by molar-refractivity contribution is 5.94. The molecule has 3 aromatic heterocycles. The molecule has 0 amide bonds. The van der Waals surface area contributed by atoms with Gasteiger partial charge in [0.2, 0.25) is 5.95 Å². The van der Waals surface area contributed by atoms with Crippen molar-refractivity contribution in [2.45, 2.75) is 59.4 Å². The molecular weight excluding hydrogens is 417 g/mol.